The minimum Gasteiger partial charge on any atom is -0.490 e. The summed E-state index contributed by atoms with van der Waals surface area (Å²) in [5, 5.41) is 8.25. The molecule has 0 saturated carbocycles. The monoisotopic (exact) mass is 430 g/mol. The van der Waals surface area contributed by atoms with Gasteiger partial charge in [-0.1, -0.05) is 48.5 Å². The van der Waals surface area contributed by atoms with Gasteiger partial charge in [-0.15, -0.1) is 11.3 Å². The summed E-state index contributed by atoms with van der Waals surface area (Å²) >= 11 is 1.37. The standard InChI is InChI=1S/C25H22N2O3S/c1-2-29-23-15-18(16-26-27-25(28)24-11-6-14-31-24)12-13-22(23)30-17-20-9-5-8-19-7-3-4-10-21(19)20/h3-16H,2,17H2,1H3,(H,27,28)/b26-16-. The van der Waals surface area contributed by atoms with Gasteiger partial charge in [-0.3, -0.25) is 4.79 Å². The SMILES string of the molecule is CCOc1cc(/C=N\NC(=O)c2cccs2)ccc1OCc1cccc2ccccc12. The van der Waals surface area contributed by atoms with Gasteiger partial charge in [0, 0.05) is 0 Å². The average molecular weight is 431 g/mol. The van der Waals surface area contributed by atoms with Crippen LogP contribution in [0.3, 0.4) is 0 Å². The van der Waals surface area contributed by atoms with E-state index in [4.69, 9.17) is 9.47 Å². The lowest BCUT2D eigenvalue weighted by Gasteiger charge is -2.13. The second kappa shape index (κ2) is 9.91. The van der Waals surface area contributed by atoms with Crippen LogP contribution in [0.2, 0.25) is 0 Å². The molecule has 4 rings (SSSR count). The Bertz CT molecular complexity index is 1200. The third kappa shape index (κ3) is 5.10. The van der Waals surface area contributed by atoms with Crippen LogP contribution in [0.15, 0.2) is 83.3 Å². The molecule has 0 radical (unpaired) electrons. The van der Waals surface area contributed by atoms with Crippen molar-refractivity contribution in [1.29, 1.82) is 0 Å². The van der Waals surface area contributed by atoms with Gasteiger partial charge in [0.1, 0.15) is 6.61 Å². The van der Waals surface area contributed by atoms with E-state index < -0.39 is 0 Å². The lowest BCUT2D eigenvalue weighted by molar-refractivity contribution is 0.0959. The van der Waals surface area contributed by atoms with Crippen LogP contribution in [-0.4, -0.2) is 18.7 Å². The molecule has 0 bridgehead atoms. The quantitative estimate of drug-likeness (QED) is 0.291. The van der Waals surface area contributed by atoms with Crippen molar-refractivity contribution in [1.82, 2.24) is 5.43 Å². The van der Waals surface area contributed by atoms with Crippen LogP contribution in [0.1, 0.15) is 27.7 Å². The summed E-state index contributed by atoms with van der Waals surface area (Å²) < 4.78 is 11.9. The van der Waals surface area contributed by atoms with Gasteiger partial charge in [0.25, 0.3) is 5.91 Å². The Morgan fingerprint density at radius 3 is 2.71 bits per heavy atom. The highest BCUT2D eigenvalue weighted by molar-refractivity contribution is 7.12. The topological polar surface area (TPSA) is 59.9 Å². The zero-order valence-corrected chi connectivity index (χ0v) is 17.9. The van der Waals surface area contributed by atoms with Crippen LogP contribution in [0.25, 0.3) is 10.8 Å². The van der Waals surface area contributed by atoms with Gasteiger partial charge < -0.3 is 9.47 Å². The summed E-state index contributed by atoms with van der Waals surface area (Å²) in [4.78, 5) is 12.6. The molecular weight excluding hydrogens is 408 g/mol. The fourth-order valence-electron chi connectivity index (χ4n) is 3.19. The molecule has 6 heteroatoms. The van der Waals surface area contributed by atoms with Gasteiger partial charge in [-0.05, 0) is 58.5 Å². The molecule has 1 N–H and O–H groups in total. The Morgan fingerprint density at radius 1 is 1.00 bits per heavy atom. The molecule has 1 heterocycles. The molecule has 3 aromatic carbocycles. The number of hydrazone groups is 1. The number of hydrogen-bond donors (Lipinski definition) is 1. The van der Waals surface area contributed by atoms with Crippen molar-refractivity contribution < 1.29 is 14.3 Å². The fourth-order valence-corrected chi connectivity index (χ4v) is 3.81. The summed E-state index contributed by atoms with van der Waals surface area (Å²) in [6, 6.07) is 23.6. The van der Waals surface area contributed by atoms with E-state index in [0.29, 0.717) is 29.6 Å². The fraction of sp³-hybridized carbons (Fsp3) is 0.120. The van der Waals surface area contributed by atoms with Gasteiger partial charge >= 0.3 is 0 Å². The summed E-state index contributed by atoms with van der Waals surface area (Å²) in [5.41, 5.74) is 4.44. The first-order chi connectivity index (χ1) is 15.2. The minimum atomic E-state index is -0.230. The first-order valence-corrected chi connectivity index (χ1v) is 10.9. The first kappa shape index (κ1) is 20.6. The maximum atomic E-state index is 12.0. The highest BCUT2D eigenvalue weighted by Crippen LogP contribution is 2.30. The van der Waals surface area contributed by atoms with Crippen molar-refractivity contribution in [2.45, 2.75) is 13.5 Å². The molecule has 0 unspecified atom stereocenters. The van der Waals surface area contributed by atoms with E-state index in [-0.39, 0.29) is 5.91 Å². The molecule has 0 fully saturated rings. The number of nitrogens with zero attached hydrogens (tertiary/aromatic N) is 1. The number of benzene rings is 3. The molecule has 1 amide bonds. The number of nitrogens with one attached hydrogen (secondary N) is 1. The van der Waals surface area contributed by atoms with Crippen molar-refractivity contribution in [3.05, 3.63) is 94.2 Å². The number of fused-ring (bicyclic) bond motifs is 1. The summed E-state index contributed by atoms with van der Waals surface area (Å²) in [6.07, 6.45) is 1.59. The zero-order chi connectivity index (χ0) is 21.5. The second-order valence-corrected chi connectivity index (χ2v) is 7.69. The highest BCUT2D eigenvalue weighted by atomic mass is 32.1. The Morgan fingerprint density at radius 2 is 1.87 bits per heavy atom. The Labute approximate surface area is 184 Å². The number of carbonyl (C=O) groups is 1. The predicted octanol–water partition coefficient (Wildman–Crippen LogP) is 5.64. The molecule has 5 nitrogen and oxygen atoms in total. The minimum absolute atomic E-state index is 0.230. The van der Waals surface area contributed by atoms with Crippen LogP contribution in [0.5, 0.6) is 11.5 Å². The maximum absolute atomic E-state index is 12.0. The Kier molecular flexibility index (Phi) is 6.59. The van der Waals surface area contributed by atoms with E-state index in [2.05, 4.69) is 34.8 Å². The van der Waals surface area contributed by atoms with E-state index in [1.807, 2.05) is 54.8 Å². The molecule has 156 valence electrons. The van der Waals surface area contributed by atoms with Crippen LogP contribution < -0.4 is 14.9 Å². The van der Waals surface area contributed by atoms with E-state index in [1.165, 1.54) is 22.1 Å². The smallest absolute Gasteiger partial charge is 0.281 e. The predicted molar refractivity (Wildman–Crippen MR) is 125 cm³/mol. The summed E-state index contributed by atoms with van der Waals surface area (Å²) in [6.45, 7) is 2.88. The van der Waals surface area contributed by atoms with Crippen molar-refractivity contribution in [3.8, 4) is 11.5 Å². The van der Waals surface area contributed by atoms with Crippen LogP contribution >= 0.6 is 11.3 Å². The lowest BCUT2D eigenvalue weighted by atomic mass is 10.1. The van der Waals surface area contributed by atoms with E-state index in [1.54, 1.807) is 12.3 Å². The molecule has 0 aliphatic carbocycles. The molecule has 4 aromatic rings. The lowest BCUT2D eigenvalue weighted by Crippen LogP contribution is -2.16. The second-order valence-electron chi connectivity index (χ2n) is 6.74. The Balaban J connectivity index is 1.46. The molecule has 0 aliphatic heterocycles. The number of ether oxygens (including phenoxy) is 2. The van der Waals surface area contributed by atoms with E-state index >= 15 is 0 Å². The van der Waals surface area contributed by atoms with Crippen molar-refractivity contribution >= 4 is 34.2 Å². The van der Waals surface area contributed by atoms with Gasteiger partial charge in [0.05, 0.1) is 17.7 Å². The Hall–Kier alpha value is -3.64. The average Bonchev–Trinajstić information content (AvgIpc) is 3.34. The maximum Gasteiger partial charge on any atom is 0.281 e. The number of amides is 1. The normalized spacial score (nSPS) is 11.0. The van der Waals surface area contributed by atoms with Crippen molar-refractivity contribution in [2.24, 2.45) is 5.10 Å². The third-order valence-electron chi connectivity index (χ3n) is 4.66. The third-order valence-corrected chi connectivity index (χ3v) is 5.52. The summed E-state index contributed by atoms with van der Waals surface area (Å²) in [5.74, 6) is 1.07. The molecular formula is C25H22N2O3S. The molecule has 0 saturated heterocycles. The van der Waals surface area contributed by atoms with Crippen molar-refractivity contribution in [2.75, 3.05) is 6.61 Å². The molecule has 0 atom stereocenters. The van der Waals surface area contributed by atoms with E-state index in [0.717, 1.165) is 11.1 Å². The van der Waals surface area contributed by atoms with Gasteiger partial charge in [0.15, 0.2) is 11.5 Å². The van der Waals surface area contributed by atoms with Gasteiger partial charge in [-0.25, -0.2) is 5.43 Å². The largest absolute Gasteiger partial charge is 0.490 e. The molecule has 0 aliphatic rings. The van der Waals surface area contributed by atoms with Crippen LogP contribution in [0, 0.1) is 0 Å². The van der Waals surface area contributed by atoms with Crippen LogP contribution in [0.4, 0.5) is 0 Å². The number of carbonyl (C=O) groups excluding carboxylic acids is 1. The van der Waals surface area contributed by atoms with E-state index in [9.17, 15) is 4.79 Å². The molecule has 1 aromatic heterocycles. The first-order valence-electron chi connectivity index (χ1n) is 9.98. The molecule has 31 heavy (non-hydrogen) atoms. The van der Waals surface area contributed by atoms with Gasteiger partial charge in [0.2, 0.25) is 0 Å². The summed E-state index contributed by atoms with van der Waals surface area (Å²) in [7, 11) is 0. The highest BCUT2D eigenvalue weighted by Gasteiger charge is 2.09. The van der Waals surface area contributed by atoms with Crippen molar-refractivity contribution in [3.63, 3.8) is 0 Å². The van der Waals surface area contributed by atoms with Crippen LogP contribution in [-0.2, 0) is 6.61 Å². The van der Waals surface area contributed by atoms with Gasteiger partial charge in [-0.2, -0.15) is 5.10 Å². The number of hydrogen-bond acceptors (Lipinski definition) is 5. The number of thiophene rings is 1. The zero-order valence-electron chi connectivity index (χ0n) is 17.1. The molecule has 0 spiro atoms. The number of rotatable bonds is 8.